The lowest BCUT2D eigenvalue weighted by atomic mass is 9.32. The molecule has 0 bridgehead atoms. The zero-order chi connectivity index (χ0) is 28.3. The first-order valence-corrected chi connectivity index (χ1v) is 15.4. The molecule has 4 heteroatoms. The Hall–Kier alpha value is -5.47. The molecule has 4 aliphatic rings. The van der Waals surface area contributed by atoms with Crippen molar-refractivity contribution in [3.05, 3.63) is 121 Å². The van der Waals surface area contributed by atoms with Gasteiger partial charge >= 0.3 is 0 Å². The fourth-order valence-electron chi connectivity index (χ4n) is 9.14. The Balaban J connectivity index is 1.28. The third-order valence-electron chi connectivity index (χ3n) is 10.7. The van der Waals surface area contributed by atoms with Gasteiger partial charge in [0.25, 0.3) is 13.4 Å². The predicted octanol–water partition coefficient (Wildman–Crippen LogP) is 5.79. The summed E-state index contributed by atoms with van der Waals surface area (Å²) in [5, 5.41) is 8.14. The van der Waals surface area contributed by atoms with Crippen molar-refractivity contribution in [2.75, 3.05) is 0 Å². The monoisotopic (exact) mass is 554 g/mol. The summed E-state index contributed by atoms with van der Waals surface area (Å²) >= 11 is 0. The summed E-state index contributed by atoms with van der Waals surface area (Å²) in [6.45, 7) is 0.270. The van der Waals surface area contributed by atoms with Crippen LogP contribution in [-0.2, 0) is 0 Å². The fourth-order valence-corrected chi connectivity index (χ4v) is 9.14. The van der Waals surface area contributed by atoms with E-state index in [1.54, 1.807) is 0 Å². The molecular formula is C40H20B2O2. The molecule has 44 heavy (non-hydrogen) atoms. The smallest absolute Gasteiger partial charge is 0.252 e. The first-order chi connectivity index (χ1) is 21.8. The number of hydrogen-bond acceptors (Lipinski definition) is 2. The quantitative estimate of drug-likeness (QED) is 0.175. The van der Waals surface area contributed by atoms with Crippen molar-refractivity contribution in [2.24, 2.45) is 0 Å². The first kappa shape index (κ1) is 22.1. The number of fused-ring (bicyclic) bond motifs is 8. The second kappa shape index (κ2) is 7.35. The van der Waals surface area contributed by atoms with E-state index in [9.17, 15) is 0 Å². The SMILES string of the molecule is c1ccc2c(c1)Oc1cccc3c1B2c1ccc2cc4c5c(ccc6cc-3c1c2c65)-c1cccc2c1B4c1ccccc1O2. The molecular weight excluding hydrogens is 534 g/mol. The van der Waals surface area contributed by atoms with E-state index in [-0.39, 0.29) is 13.4 Å². The molecule has 0 saturated carbocycles. The number of hydrogen-bond donors (Lipinski definition) is 0. The van der Waals surface area contributed by atoms with Crippen molar-refractivity contribution < 1.29 is 9.47 Å². The summed E-state index contributed by atoms with van der Waals surface area (Å²) in [4.78, 5) is 0. The maximum Gasteiger partial charge on any atom is 0.252 e. The topological polar surface area (TPSA) is 18.5 Å². The molecule has 0 aliphatic carbocycles. The van der Waals surface area contributed by atoms with Crippen molar-refractivity contribution in [2.45, 2.75) is 0 Å². The molecule has 12 rings (SSSR count). The summed E-state index contributed by atoms with van der Waals surface area (Å²) in [5.41, 5.74) is 13.0. The van der Waals surface area contributed by atoms with E-state index in [2.05, 4.69) is 121 Å². The van der Waals surface area contributed by atoms with Gasteiger partial charge in [-0.2, -0.15) is 0 Å². The van der Waals surface area contributed by atoms with Crippen LogP contribution in [-0.4, -0.2) is 13.4 Å². The average molecular weight is 554 g/mol. The van der Waals surface area contributed by atoms with Gasteiger partial charge in [-0.1, -0.05) is 102 Å². The summed E-state index contributed by atoms with van der Waals surface area (Å²) < 4.78 is 13.0. The lowest BCUT2D eigenvalue weighted by Crippen LogP contribution is -2.58. The van der Waals surface area contributed by atoms with Crippen LogP contribution in [0.1, 0.15) is 0 Å². The van der Waals surface area contributed by atoms with Crippen LogP contribution < -0.4 is 42.3 Å². The number of para-hydroxylation sites is 2. The minimum atomic E-state index is 0.130. The lowest BCUT2D eigenvalue weighted by Gasteiger charge is -2.36. The third-order valence-corrected chi connectivity index (χ3v) is 10.7. The van der Waals surface area contributed by atoms with Crippen molar-refractivity contribution >= 4 is 78.5 Å². The highest BCUT2D eigenvalue weighted by molar-refractivity contribution is 7.01. The van der Waals surface area contributed by atoms with Crippen LogP contribution in [0.4, 0.5) is 0 Å². The van der Waals surface area contributed by atoms with Crippen molar-refractivity contribution in [3.8, 4) is 45.3 Å². The van der Waals surface area contributed by atoms with E-state index >= 15 is 0 Å². The molecule has 0 N–H and O–H groups in total. The molecule has 0 unspecified atom stereocenters. The first-order valence-electron chi connectivity index (χ1n) is 15.4. The van der Waals surface area contributed by atoms with Crippen LogP contribution in [0.2, 0.25) is 0 Å². The Morgan fingerprint density at radius 3 is 1.59 bits per heavy atom. The molecule has 8 aromatic rings. The van der Waals surface area contributed by atoms with Gasteiger partial charge in [-0.25, -0.2) is 0 Å². The molecule has 0 spiro atoms. The van der Waals surface area contributed by atoms with Gasteiger partial charge in [-0.05, 0) is 107 Å². The van der Waals surface area contributed by atoms with E-state index in [0.717, 1.165) is 23.0 Å². The van der Waals surface area contributed by atoms with E-state index < -0.39 is 0 Å². The maximum atomic E-state index is 6.51. The normalized spacial score (nSPS) is 14.2. The number of benzene rings is 8. The van der Waals surface area contributed by atoms with Gasteiger partial charge < -0.3 is 9.47 Å². The van der Waals surface area contributed by atoms with E-state index in [4.69, 9.17) is 9.47 Å². The van der Waals surface area contributed by atoms with Crippen LogP contribution in [0.15, 0.2) is 121 Å². The van der Waals surface area contributed by atoms with Crippen molar-refractivity contribution in [1.82, 2.24) is 0 Å². The van der Waals surface area contributed by atoms with Gasteiger partial charge in [-0.3, -0.25) is 0 Å². The molecule has 4 aliphatic heterocycles. The number of ether oxygens (including phenoxy) is 2. The Kier molecular flexibility index (Phi) is 3.70. The van der Waals surface area contributed by atoms with Crippen LogP contribution in [0, 0.1) is 0 Å². The predicted molar refractivity (Wildman–Crippen MR) is 183 cm³/mol. The van der Waals surface area contributed by atoms with Gasteiger partial charge in [0.05, 0.1) is 0 Å². The lowest BCUT2D eigenvalue weighted by molar-refractivity contribution is 0.487. The fraction of sp³-hybridized carbons (Fsp3) is 0. The molecule has 0 radical (unpaired) electrons. The Labute approximate surface area is 254 Å². The zero-order valence-electron chi connectivity index (χ0n) is 23.5. The summed E-state index contributed by atoms with van der Waals surface area (Å²) in [7, 11) is 0. The van der Waals surface area contributed by atoms with E-state index in [0.29, 0.717) is 0 Å². The Morgan fingerprint density at radius 1 is 0.341 bits per heavy atom. The van der Waals surface area contributed by atoms with Crippen LogP contribution >= 0.6 is 0 Å². The largest absolute Gasteiger partial charge is 0.458 e. The number of rotatable bonds is 0. The molecule has 0 fully saturated rings. The molecule has 0 amide bonds. The molecule has 0 atom stereocenters. The van der Waals surface area contributed by atoms with Crippen LogP contribution in [0.25, 0.3) is 54.6 Å². The molecule has 0 aromatic heterocycles. The summed E-state index contributed by atoms with van der Waals surface area (Å²) in [6.07, 6.45) is 0. The molecule has 198 valence electrons. The second-order valence-corrected chi connectivity index (χ2v) is 12.7. The third kappa shape index (κ3) is 2.40. The molecule has 0 saturated heterocycles. The Morgan fingerprint density at radius 2 is 0.886 bits per heavy atom. The van der Waals surface area contributed by atoms with Gasteiger partial charge in [-0.15, -0.1) is 0 Å². The molecule has 8 aromatic carbocycles. The second-order valence-electron chi connectivity index (χ2n) is 12.7. The average Bonchev–Trinajstić information content (AvgIpc) is 3.07. The van der Waals surface area contributed by atoms with Gasteiger partial charge in [0.15, 0.2) is 0 Å². The highest BCUT2D eigenvalue weighted by Gasteiger charge is 2.42. The summed E-state index contributed by atoms with van der Waals surface area (Å²) in [5.74, 6) is 3.86. The van der Waals surface area contributed by atoms with Crippen LogP contribution in [0.5, 0.6) is 23.0 Å². The van der Waals surface area contributed by atoms with Crippen molar-refractivity contribution in [1.29, 1.82) is 0 Å². The van der Waals surface area contributed by atoms with E-state index in [1.807, 2.05) is 0 Å². The Bertz CT molecular complexity index is 2630. The van der Waals surface area contributed by atoms with Crippen LogP contribution in [0.3, 0.4) is 0 Å². The molecule has 2 nitrogen and oxygen atoms in total. The van der Waals surface area contributed by atoms with E-state index in [1.165, 1.54) is 87.3 Å². The standard InChI is InChI=1S/C40H20B2O2/c1-3-11-31-27(9-1)41-29-18-16-22-20-30-37-23(24-7-5-13-33-39(24)42(30)28-10-2-4-12-32(28)44-33)17-15-21-19-26(38(29)36(22)35(21)37)25-8-6-14-34(43-31)40(25)41/h1-20H. The summed E-state index contributed by atoms with van der Waals surface area (Å²) in [6, 6.07) is 44.7. The molecule has 4 heterocycles. The minimum absolute atomic E-state index is 0.130. The highest BCUT2D eigenvalue weighted by Crippen LogP contribution is 2.46. The highest BCUT2D eigenvalue weighted by atomic mass is 16.5. The van der Waals surface area contributed by atoms with Crippen molar-refractivity contribution in [3.63, 3.8) is 0 Å². The zero-order valence-corrected chi connectivity index (χ0v) is 23.5. The van der Waals surface area contributed by atoms with Gasteiger partial charge in [0.2, 0.25) is 0 Å². The van der Waals surface area contributed by atoms with Gasteiger partial charge in [0.1, 0.15) is 23.0 Å². The minimum Gasteiger partial charge on any atom is -0.458 e. The van der Waals surface area contributed by atoms with Gasteiger partial charge in [0, 0.05) is 0 Å². The maximum absolute atomic E-state index is 6.51.